The van der Waals surface area contributed by atoms with Gasteiger partial charge in [-0.2, -0.15) is 0 Å². The predicted octanol–water partition coefficient (Wildman–Crippen LogP) is 3.52. The number of benzene rings is 1. The number of halogens is 1. The average molecular weight is 421 g/mol. The number of thiocarbonyl (C=S) groups is 1. The summed E-state index contributed by atoms with van der Waals surface area (Å²) in [6, 6.07) is 9.11. The second kappa shape index (κ2) is 6.97. The Kier molecular flexibility index (Phi) is 4.91. The van der Waals surface area contributed by atoms with E-state index in [1.54, 1.807) is 17.9 Å². The summed E-state index contributed by atoms with van der Waals surface area (Å²) < 4.78 is 5.98. The Labute approximate surface area is 159 Å². The molecule has 1 atom stereocenters. The molecule has 0 bridgehead atoms. The Morgan fingerprint density at radius 2 is 2.04 bits per heavy atom. The molecule has 0 saturated heterocycles. The van der Waals surface area contributed by atoms with Gasteiger partial charge >= 0.3 is 0 Å². The minimum Gasteiger partial charge on any atom is -0.360 e. The van der Waals surface area contributed by atoms with Gasteiger partial charge in [0.25, 0.3) is 5.91 Å². The summed E-state index contributed by atoms with van der Waals surface area (Å²) in [5.74, 6) is 0.763. The van der Waals surface area contributed by atoms with Crippen LogP contribution in [0.25, 0.3) is 0 Å². The van der Waals surface area contributed by atoms with Crippen molar-refractivity contribution in [2.45, 2.75) is 19.9 Å². The number of rotatable bonds is 3. The molecule has 0 saturated carbocycles. The molecule has 8 heteroatoms. The van der Waals surface area contributed by atoms with E-state index in [1.165, 1.54) is 0 Å². The zero-order valence-electron chi connectivity index (χ0n) is 14.0. The fraction of sp³-hybridized carbons (Fsp3) is 0.235. The van der Waals surface area contributed by atoms with Gasteiger partial charge in [-0.25, -0.2) is 0 Å². The first-order chi connectivity index (χ1) is 11.9. The van der Waals surface area contributed by atoms with Crippen LogP contribution in [0.3, 0.4) is 0 Å². The number of nitrogens with one attached hydrogen (secondary N) is 2. The van der Waals surface area contributed by atoms with E-state index in [0.717, 1.165) is 15.7 Å². The SMILES string of the molecule is CC1=C(C(=O)Nc2cc(C)on2)C(c2ccc(Br)cc2)NC(=S)N1C. The molecule has 2 N–H and O–H groups in total. The minimum absolute atomic E-state index is 0.249. The Morgan fingerprint density at radius 3 is 2.64 bits per heavy atom. The monoisotopic (exact) mass is 420 g/mol. The van der Waals surface area contributed by atoms with Crippen LogP contribution in [0, 0.1) is 6.92 Å². The number of aromatic nitrogens is 1. The van der Waals surface area contributed by atoms with E-state index in [9.17, 15) is 4.79 Å². The lowest BCUT2D eigenvalue weighted by molar-refractivity contribution is -0.113. The maximum absolute atomic E-state index is 12.9. The molecule has 1 aromatic carbocycles. The predicted molar refractivity (Wildman–Crippen MR) is 103 cm³/mol. The zero-order chi connectivity index (χ0) is 18.1. The van der Waals surface area contributed by atoms with E-state index in [1.807, 2.05) is 38.2 Å². The largest absolute Gasteiger partial charge is 0.360 e. The molecule has 0 fully saturated rings. The van der Waals surface area contributed by atoms with E-state index < -0.39 is 0 Å². The van der Waals surface area contributed by atoms with Crippen LogP contribution in [0.1, 0.15) is 24.3 Å². The highest BCUT2D eigenvalue weighted by Crippen LogP contribution is 2.31. The number of carbonyl (C=O) groups is 1. The standard InChI is InChI=1S/C17H17BrN4O2S/c1-9-8-13(21-24-9)19-16(23)14-10(2)22(3)17(25)20-15(14)11-4-6-12(18)7-5-11/h4-8,15H,1-3H3,(H,20,25)(H,19,21,23). The van der Waals surface area contributed by atoms with Crippen molar-refractivity contribution in [1.82, 2.24) is 15.4 Å². The highest BCUT2D eigenvalue weighted by atomic mass is 79.9. The van der Waals surface area contributed by atoms with Gasteiger partial charge in [-0.05, 0) is 43.8 Å². The number of aryl methyl sites for hydroxylation is 1. The number of hydrogen-bond acceptors (Lipinski definition) is 4. The van der Waals surface area contributed by atoms with Crippen LogP contribution in [-0.2, 0) is 4.79 Å². The molecule has 2 heterocycles. The molecule has 1 aromatic heterocycles. The average Bonchev–Trinajstić information content (AvgIpc) is 2.97. The summed E-state index contributed by atoms with van der Waals surface area (Å²) in [5, 5.41) is 10.4. The number of carbonyl (C=O) groups excluding carboxylic acids is 1. The van der Waals surface area contributed by atoms with Crippen molar-refractivity contribution < 1.29 is 9.32 Å². The van der Waals surface area contributed by atoms with Crippen molar-refractivity contribution in [2.75, 3.05) is 12.4 Å². The number of nitrogens with zero attached hydrogens (tertiary/aromatic N) is 2. The van der Waals surface area contributed by atoms with E-state index in [-0.39, 0.29) is 11.9 Å². The van der Waals surface area contributed by atoms with E-state index in [2.05, 4.69) is 31.7 Å². The topological polar surface area (TPSA) is 70.4 Å². The zero-order valence-corrected chi connectivity index (χ0v) is 16.4. The van der Waals surface area contributed by atoms with Gasteiger partial charge in [-0.3, -0.25) is 4.79 Å². The van der Waals surface area contributed by atoms with Crippen LogP contribution in [-0.4, -0.2) is 28.1 Å². The Bertz CT molecular complexity index is 860. The van der Waals surface area contributed by atoms with Gasteiger partial charge in [0.05, 0.1) is 11.6 Å². The molecule has 6 nitrogen and oxygen atoms in total. The van der Waals surface area contributed by atoms with Gasteiger partial charge in [0.1, 0.15) is 5.76 Å². The molecule has 0 spiro atoms. The number of anilines is 1. The van der Waals surface area contributed by atoms with Gasteiger partial charge in [0.15, 0.2) is 10.9 Å². The van der Waals surface area contributed by atoms with Crippen molar-refractivity contribution in [3.05, 3.63) is 57.4 Å². The second-order valence-corrected chi connectivity index (χ2v) is 7.07. The smallest absolute Gasteiger partial charge is 0.257 e. The normalized spacial score (nSPS) is 17.5. The third-order valence-electron chi connectivity index (χ3n) is 4.07. The minimum atomic E-state index is -0.343. The summed E-state index contributed by atoms with van der Waals surface area (Å²) in [5.41, 5.74) is 2.31. The van der Waals surface area contributed by atoms with Crippen molar-refractivity contribution in [3.63, 3.8) is 0 Å². The summed E-state index contributed by atoms with van der Waals surface area (Å²) in [7, 11) is 1.83. The number of hydrogen-bond donors (Lipinski definition) is 2. The van der Waals surface area contributed by atoms with Gasteiger partial charge in [0.2, 0.25) is 0 Å². The van der Waals surface area contributed by atoms with Crippen molar-refractivity contribution in [3.8, 4) is 0 Å². The van der Waals surface area contributed by atoms with Crippen LogP contribution < -0.4 is 10.6 Å². The third-order valence-corrected chi connectivity index (χ3v) is 4.99. The fourth-order valence-electron chi connectivity index (χ4n) is 2.64. The van der Waals surface area contributed by atoms with Gasteiger partial charge in [-0.15, -0.1) is 0 Å². The van der Waals surface area contributed by atoms with Crippen LogP contribution in [0.5, 0.6) is 0 Å². The molecule has 0 aliphatic carbocycles. The molecule has 1 aliphatic heterocycles. The summed E-state index contributed by atoms with van der Waals surface area (Å²) >= 11 is 8.82. The fourth-order valence-corrected chi connectivity index (χ4v) is 3.16. The highest BCUT2D eigenvalue weighted by molar-refractivity contribution is 9.10. The van der Waals surface area contributed by atoms with Crippen LogP contribution in [0.2, 0.25) is 0 Å². The molecule has 2 aromatic rings. The maximum Gasteiger partial charge on any atom is 0.257 e. The van der Waals surface area contributed by atoms with Crippen LogP contribution in [0.15, 0.2) is 50.6 Å². The van der Waals surface area contributed by atoms with Gasteiger partial charge in [-0.1, -0.05) is 33.2 Å². The van der Waals surface area contributed by atoms with E-state index in [0.29, 0.717) is 22.3 Å². The maximum atomic E-state index is 12.9. The van der Waals surface area contributed by atoms with E-state index in [4.69, 9.17) is 16.7 Å². The first-order valence-electron chi connectivity index (χ1n) is 7.62. The molecule has 1 unspecified atom stereocenters. The van der Waals surface area contributed by atoms with Crippen LogP contribution in [0.4, 0.5) is 5.82 Å². The van der Waals surface area contributed by atoms with Crippen LogP contribution >= 0.6 is 28.1 Å². The lowest BCUT2D eigenvalue weighted by Gasteiger charge is -2.35. The first kappa shape index (κ1) is 17.6. The molecular weight excluding hydrogens is 404 g/mol. The molecule has 3 rings (SSSR count). The highest BCUT2D eigenvalue weighted by Gasteiger charge is 2.32. The lowest BCUT2D eigenvalue weighted by atomic mass is 9.94. The van der Waals surface area contributed by atoms with Crippen molar-refractivity contribution >= 4 is 45.0 Å². The third kappa shape index (κ3) is 3.59. The Balaban J connectivity index is 1.99. The van der Waals surface area contributed by atoms with Gasteiger partial charge < -0.3 is 20.1 Å². The summed E-state index contributed by atoms with van der Waals surface area (Å²) in [4.78, 5) is 14.7. The molecule has 1 aliphatic rings. The summed E-state index contributed by atoms with van der Waals surface area (Å²) in [6.45, 7) is 3.65. The quantitative estimate of drug-likeness (QED) is 0.740. The molecule has 25 heavy (non-hydrogen) atoms. The number of allylic oxidation sites excluding steroid dienone is 1. The molecule has 1 amide bonds. The number of amides is 1. The van der Waals surface area contributed by atoms with Crippen molar-refractivity contribution in [1.29, 1.82) is 0 Å². The summed E-state index contributed by atoms with van der Waals surface area (Å²) in [6.07, 6.45) is 0. The first-order valence-corrected chi connectivity index (χ1v) is 8.82. The Hall–Kier alpha value is -2.19. The lowest BCUT2D eigenvalue weighted by Crippen LogP contribution is -2.46. The second-order valence-electron chi connectivity index (χ2n) is 5.77. The van der Waals surface area contributed by atoms with Crippen molar-refractivity contribution in [2.24, 2.45) is 0 Å². The van der Waals surface area contributed by atoms with Gasteiger partial charge in [0, 0.05) is 23.3 Å². The Morgan fingerprint density at radius 1 is 1.36 bits per heavy atom. The molecular formula is C17H17BrN4O2S. The molecule has 0 radical (unpaired) electrons. The van der Waals surface area contributed by atoms with E-state index >= 15 is 0 Å². The molecule has 130 valence electrons.